The van der Waals surface area contributed by atoms with E-state index in [1.807, 2.05) is 13.0 Å². The average Bonchev–Trinajstić information content (AvgIpc) is 3.15. The summed E-state index contributed by atoms with van der Waals surface area (Å²) in [6.45, 7) is 6.47. The molecule has 2 aromatic rings. The number of aromatic nitrogens is 3. The minimum absolute atomic E-state index is 0.312. The fourth-order valence-corrected chi connectivity index (χ4v) is 3.17. The van der Waals surface area contributed by atoms with E-state index in [1.165, 1.54) is 0 Å². The summed E-state index contributed by atoms with van der Waals surface area (Å²) in [7, 11) is 3.29. The molecule has 0 saturated carbocycles. The van der Waals surface area contributed by atoms with E-state index < -0.39 is 0 Å². The van der Waals surface area contributed by atoms with Crippen molar-refractivity contribution in [3.8, 4) is 5.88 Å². The number of nitrogens with zero attached hydrogens (tertiary/aromatic N) is 3. The van der Waals surface area contributed by atoms with E-state index in [0.717, 1.165) is 41.4 Å². The smallest absolute Gasteiger partial charge is 0.218 e. The predicted molar refractivity (Wildman–Crippen MR) is 98.5 cm³/mol. The second-order valence-corrected chi connectivity index (χ2v) is 6.51. The van der Waals surface area contributed by atoms with Gasteiger partial charge in [0.1, 0.15) is 12.4 Å². The summed E-state index contributed by atoms with van der Waals surface area (Å²) in [4.78, 5) is 13.7. The van der Waals surface area contributed by atoms with Crippen LogP contribution in [0.15, 0.2) is 12.1 Å². The summed E-state index contributed by atoms with van der Waals surface area (Å²) in [5.74, 6) is 2.40. The summed E-state index contributed by atoms with van der Waals surface area (Å²) in [5, 5.41) is 3.39. The van der Waals surface area contributed by atoms with E-state index >= 15 is 0 Å². The fourth-order valence-electron chi connectivity index (χ4n) is 3.17. The zero-order valence-corrected chi connectivity index (χ0v) is 15.8. The van der Waals surface area contributed by atoms with Gasteiger partial charge in [-0.25, -0.2) is 15.0 Å². The van der Waals surface area contributed by atoms with Gasteiger partial charge in [0, 0.05) is 43.5 Å². The Kier molecular flexibility index (Phi) is 6.00. The van der Waals surface area contributed by atoms with E-state index in [9.17, 15) is 0 Å². The molecular formula is C19H26N4O3. The molecule has 2 aromatic heterocycles. The Bertz CT molecular complexity index is 761. The number of hydrogen-bond acceptors (Lipinski definition) is 7. The lowest BCUT2D eigenvalue weighted by molar-refractivity contribution is 0.177. The average molecular weight is 358 g/mol. The van der Waals surface area contributed by atoms with Crippen molar-refractivity contribution in [2.45, 2.75) is 39.3 Å². The van der Waals surface area contributed by atoms with Crippen molar-refractivity contribution in [3.63, 3.8) is 0 Å². The van der Waals surface area contributed by atoms with Crippen LogP contribution in [0.4, 0.5) is 5.82 Å². The molecule has 7 nitrogen and oxygen atoms in total. The molecule has 1 N–H and O–H groups in total. The molecule has 3 rings (SSSR count). The van der Waals surface area contributed by atoms with Gasteiger partial charge in [-0.1, -0.05) is 0 Å². The molecule has 3 heterocycles. The van der Waals surface area contributed by atoms with Crippen molar-refractivity contribution in [2.75, 3.05) is 32.8 Å². The third-order valence-electron chi connectivity index (χ3n) is 4.49. The van der Waals surface area contributed by atoms with Crippen molar-refractivity contribution < 1.29 is 14.2 Å². The molecule has 1 atom stereocenters. The summed E-state index contributed by atoms with van der Waals surface area (Å²) in [6.07, 6.45) is 0.984. The SMILES string of the molecule is COCc1nc(NCc2c(C)cc(C)nc2OC)cc([C@H]2CCOC2)n1. The van der Waals surface area contributed by atoms with Crippen LogP contribution in [-0.2, 0) is 22.6 Å². The number of anilines is 1. The maximum atomic E-state index is 5.50. The standard InChI is InChI=1S/C19H26N4O3/c1-12-7-13(2)21-19(25-4)15(12)9-20-17-8-16(14-5-6-26-10-14)22-18(23-17)11-24-3/h7-8,14H,5-6,9-11H2,1-4H3,(H,20,22,23)/t14-/m0/s1. The first kappa shape index (κ1) is 18.5. The summed E-state index contributed by atoms with van der Waals surface area (Å²) in [6, 6.07) is 4.05. The van der Waals surface area contributed by atoms with Crippen LogP contribution in [0.5, 0.6) is 5.88 Å². The van der Waals surface area contributed by atoms with Crippen LogP contribution in [0.25, 0.3) is 0 Å². The Labute approximate surface area is 154 Å². The molecule has 1 saturated heterocycles. The predicted octanol–water partition coefficient (Wildman–Crippen LogP) is 2.76. The third kappa shape index (κ3) is 4.28. The summed E-state index contributed by atoms with van der Waals surface area (Å²) < 4.78 is 16.2. The topological polar surface area (TPSA) is 78.4 Å². The van der Waals surface area contributed by atoms with E-state index in [1.54, 1.807) is 14.2 Å². The van der Waals surface area contributed by atoms with Crippen molar-refractivity contribution in [2.24, 2.45) is 0 Å². The number of rotatable bonds is 7. The van der Waals surface area contributed by atoms with Gasteiger partial charge in [-0.3, -0.25) is 0 Å². The lowest BCUT2D eigenvalue weighted by atomic mass is 10.0. The van der Waals surface area contributed by atoms with E-state index in [4.69, 9.17) is 14.2 Å². The highest BCUT2D eigenvalue weighted by molar-refractivity contribution is 5.42. The summed E-state index contributed by atoms with van der Waals surface area (Å²) in [5.41, 5.74) is 4.10. The number of nitrogens with one attached hydrogen (secondary N) is 1. The fraction of sp³-hybridized carbons (Fsp3) is 0.526. The second kappa shape index (κ2) is 8.42. The van der Waals surface area contributed by atoms with E-state index in [-0.39, 0.29) is 0 Å². The largest absolute Gasteiger partial charge is 0.481 e. The van der Waals surface area contributed by atoms with Crippen LogP contribution in [0.3, 0.4) is 0 Å². The normalized spacial score (nSPS) is 16.7. The zero-order valence-electron chi connectivity index (χ0n) is 15.8. The van der Waals surface area contributed by atoms with Gasteiger partial charge in [-0.15, -0.1) is 0 Å². The molecule has 140 valence electrons. The van der Waals surface area contributed by atoms with Gasteiger partial charge in [-0.05, 0) is 31.9 Å². The molecule has 1 fully saturated rings. The van der Waals surface area contributed by atoms with Crippen molar-refractivity contribution >= 4 is 5.82 Å². The third-order valence-corrected chi connectivity index (χ3v) is 4.49. The molecule has 0 spiro atoms. The maximum Gasteiger partial charge on any atom is 0.218 e. The van der Waals surface area contributed by atoms with Crippen LogP contribution in [-0.4, -0.2) is 42.4 Å². The summed E-state index contributed by atoms with van der Waals surface area (Å²) >= 11 is 0. The van der Waals surface area contributed by atoms with E-state index in [0.29, 0.717) is 37.4 Å². The van der Waals surface area contributed by atoms with Gasteiger partial charge in [0.05, 0.1) is 19.4 Å². The number of pyridine rings is 1. The molecule has 1 aliphatic heterocycles. The Morgan fingerprint density at radius 2 is 2.04 bits per heavy atom. The van der Waals surface area contributed by atoms with Gasteiger partial charge in [-0.2, -0.15) is 0 Å². The van der Waals surface area contributed by atoms with Crippen molar-refractivity contribution in [1.82, 2.24) is 15.0 Å². The Balaban J connectivity index is 1.83. The monoisotopic (exact) mass is 358 g/mol. The minimum Gasteiger partial charge on any atom is -0.481 e. The number of hydrogen-bond donors (Lipinski definition) is 1. The zero-order chi connectivity index (χ0) is 18.5. The van der Waals surface area contributed by atoms with Gasteiger partial charge >= 0.3 is 0 Å². The Hall–Kier alpha value is -2.25. The van der Waals surface area contributed by atoms with Crippen molar-refractivity contribution in [3.05, 3.63) is 40.5 Å². The van der Waals surface area contributed by atoms with Gasteiger partial charge in [0.25, 0.3) is 0 Å². The van der Waals surface area contributed by atoms with Crippen molar-refractivity contribution in [1.29, 1.82) is 0 Å². The molecule has 0 aliphatic carbocycles. The first-order valence-electron chi connectivity index (χ1n) is 8.80. The van der Waals surface area contributed by atoms with Gasteiger partial charge < -0.3 is 19.5 Å². The highest BCUT2D eigenvalue weighted by atomic mass is 16.5. The maximum absolute atomic E-state index is 5.50. The number of aryl methyl sites for hydroxylation is 2. The molecule has 0 radical (unpaired) electrons. The van der Waals surface area contributed by atoms with Crippen LogP contribution in [0.1, 0.15) is 40.7 Å². The molecule has 0 bridgehead atoms. The van der Waals surface area contributed by atoms with E-state index in [2.05, 4.69) is 33.3 Å². The molecule has 1 aliphatic rings. The molecule has 0 amide bonds. The highest BCUT2D eigenvalue weighted by Gasteiger charge is 2.21. The number of ether oxygens (including phenoxy) is 3. The number of methoxy groups -OCH3 is 2. The highest BCUT2D eigenvalue weighted by Crippen LogP contribution is 2.26. The quantitative estimate of drug-likeness (QED) is 0.815. The lowest BCUT2D eigenvalue weighted by Crippen LogP contribution is -2.11. The molecule has 0 unspecified atom stereocenters. The minimum atomic E-state index is 0.312. The molecule has 26 heavy (non-hydrogen) atoms. The Morgan fingerprint density at radius 1 is 1.19 bits per heavy atom. The molecular weight excluding hydrogens is 332 g/mol. The first-order valence-corrected chi connectivity index (χ1v) is 8.80. The van der Waals surface area contributed by atoms with Crippen LogP contribution >= 0.6 is 0 Å². The van der Waals surface area contributed by atoms with Crippen LogP contribution in [0.2, 0.25) is 0 Å². The molecule has 0 aromatic carbocycles. The van der Waals surface area contributed by atoms with Crippen LogP contribution in [0, 0.1) is 13.8 Å². The first-order chi connectivity index (χ1) is 12.6. The lowest BCUT2D eigenvalue weighted by Gasteiger charge is -2.15. The van der Waals surface area contributed by atoms with Crippen LogP contribution < -0.4 is 10.1 Å². The van der Waals surface area contributed by atoms with Gasteiger partial charge in [0.2, 0.25) is 5.88 Å². The van der Waals surface area contributed by atoms with Gasteiger partial charge in [0.15, 0.2) is 5.82 Å². The molecule has 7 heteroatoms. The second-order valence-electron chi connectivity index (χ2n) is 6.51. The Morgan fingerprint density at radius 3 is 2.73 bits per heavy atom.